The van der Waals surface area contributed by atoms with Gasteiger partial charge in [0.15, 0.2) is 11.9 Å². The number of rotatable bonds is 3. The molecule has 1 fully saturated rings. The normalized spacial score (nSPS) is 38.1. The van der Waals surface area contributed by atoms with Gasteiger partial charge in [0.05, 0.1) is 17.6 Å². The largest absolute Gasteiger partial charge is 0.461 e. The van der Waals surface area contributed by atoms with Crippen LogP contribution in [0, 0.1) is 16.7 Å². The minimum atomic E-state index is -1.35. The van der Waals surface area contributed by atoms with Crippen LogP contribution >= 0.6 is 0 Å². The minimum Gasteiger partial charge on any atom is -0.461 e. The van der Waals surface area contributed by atoms with E-state index in [1.165, 1.54) is 20.8 Å². The molecule has 0 unspecified atom stereocenters. The van der Waals surface area contributed by atoms with Crippen LogP contribution in [-0.4, -0.2) is 64.4 Å². The van der Waals surface area contributed by atoms with E-state index in [0.29, 0.717) is 16.7 Å². The van der Waals surface area contributed by atoms with E-state index in [1.807, 2.05) is 13.8 Å². The van der Waals surface area contributed by atoms with Crippen molar-refractivity contribution in [2.24, 2.45) is 16.7 Å². The molecule has 3 rings (SSSR count). The summed E-state index contributed by atoms with van der Waals surface area (Å²) in [5, 5.41) is 21.9. The number of fused-ring (bicyclic) bond motifs is 4. The molecule has 4 bridgehead atoms. The quantitative estimate of drug-likeness (QED) is 0.345. The zero-order valence-corrected chi connectivity index (χ0v) is 21.4. The molecule has 0 radical (unpaired) electrons. The predicted molar refractivity (Wildman–Crippen MR) is 124 cm³/mol. The van der Waals surface area contributed by atoms with Gasteiger partial charge in [-0.05, 0) is 54.9 Å². The van der Waals surface area contributed by atoms with Crippen LogP contribution in [0.3, 0.4) is 0 Å². The molecule has 35 heavy (non-hydrogen) atoms. The molecule has 2 N–H and O–H groups in total. The van der Waals surface area contributed by atoms with Gasteiger partial charge in [-0.15, -0.1) is 0 Å². The molecule has 7 atom stereocenters. The van der Waals surface area contributed by atoms with Crippen molar-refractivity contribution in [1.29, 1.82) is 0 Å². The van der Waals surface area contributed by atoms with Crippen molar-refractivity contribution in [3.05, 3.63) is 22.8 Å². The molecule has 1 saturated carbocycles. The summed E-state index contributed by atoms with van der Waals surface area (Å²) in [6.45, 7) is 10.8. The van der Waals surface area contributed by atoms with Gasteiger partial charge in [-0.1, -0.05) is 13.8 Å². The monoisotopic (exact) mass is 492 g/mol. The summed E-state index contributed by atoms with van der Waals surface area (Å²) in [6, 6.07) is 0. The van der Waals surface area contributed by atoms with Gasteiger partial charge in [-0.3, -0.25) is 19.2 Å². The summed E-state index contributed by atoms with van der Waals surface area (Å²) in [5.41, 5.74) is -0.766. The van der Waals surface area contributed by atoms with Gasteiger partial charge in [0.25, 0.3) is 0 Å². The standard InChI is InChI=1S/C26H36O9/c1-12-18(30)9-17-20(33-13(2)27)8-16-11-26(7,21(10-19(16)31)34-14(3)28)24(32)23(35-15(4)29)22(12)25(17,5)6/h8,17-21,23,30-31H,9-11H2,1-7H3/b16-8+/t17-,18-,19-,20-,21-,23+,26-/m0/s1. The summed E-state index contributed by atoms with van der Waals surface area (Å²) in [5.74, 6) is -2.75. The highest BCUT2D eigenvalue weighted by atomic mass is 16.6. The molecule has 0 saturated heterocycles. The molecule has 9 heteroatoms. The number of ether oxygens (including phenoxy) is 3. The van der Waals surface area contributed by atoms with Gasteiger partial charge in [0, 0.05) is 33.1 Å². The Hall–Kier alpha value is -2.52. The van der Waals surface area contributed by atoms with E-state index in [-0.39, 0.29) is 19.3 Å². The fraction of sp³-hybridized carbons (Fsp3) is 0.692. The van der Waals surface area contributed by atoms with Crippen LogP contribution in [0.25, 0.3) is 0 Å². The average Bonchev–Trinajstić information content (AvgIpc) is 2.71. The molecule has 0 aromatic heterocycles. The van der Waals surface area contributed by atoms with Gasteiger partial charge >= 0.3 is 17.9 Å². The zero-order chi connectivity index (χ0) is 26.5. The number of Topliss-reactive ketones (excluding diaryl/α,β-unsaturated/α-hetero) is 1. The highest BCUT2D eigenvalue weighted by Crippen LogP contribution is 2.53. The number of carbonyl (C=O) groups is 4. The summed E-state index contributed by atoms with van der Waals surface area (Å²) in [4.78, 5) is 50.4. The average molecular weight is 493 g/mol. The van der Waals surface area contributed by atoms with E-state index in [0.717, 1.165) is 0 Å². The minimum absolute atomic E-state index is 0.0164. The Balaban J connectivity index is 2.34. The molecular formula is C26H36O9. The van der Waals surface area contributed by atoms with Gasteiger partial charge in [-0.25, -0.2) is 0 Å². The molecule has 0 spiro atoms. The lowest BCUT2D eigenvalue weighted by Crippen LogP contribution is -2.57. The number of hydrogen-bond donors (Lipinski definition) is 2. The summed E-state index contributed by atoms with van der Waals surface area (Å²) < 4.78 is 16.8. The van der Waals surface area contributed by atoms with Gasteiger partial charge < -0.3 is 24.4 Å². The first-order chi connectivity index (χ1) is 16.1. The topological polar surface area (TPSA) is 136 Å². The van der Waals surface area contributed by atoms with E-state index in [4.69, 9.17) is 14.2 Å². The molecule has 0 amide bonds. The van der Waals surface area contributed by atoms with E-state index in [2.05, 4.69) is 0 Å². The van der Waals surface area contributed by atoms with Crippen molar-refractivity contribution in [3.8, 4) is 0 Å². The number of hydrogen-bond acceptors (Lipinski definition) is 9. The third-order valence-electron chi connectivity index (χ3n) is 7.90. The first-order valence-corrected chi connectivity index (χ1v) is 11.9. The molecule has 0 heterocycles. The first kappa shape index (κ1) is 27.1. The van der Waals surface area contributed by atoms with E-state index >= 15 is 0 Å². The smallest absolute Gasteiger partial charge is 0.303 e. The van der Waals surface area contributed by atoms with Crippen LogP contribution < -0.4 is 0 Å². The lowest BCUT2D eigenvalue weighted by atomic mass is 9.57. The molecule has 3 aliphatic rings. The van der Waals surface area contributed by atoms with Crippen molar-refractivity contribution in [3.63, 3.8) is 0 Å². The molecule has 0 aromatic carbocycles. The number of esters is 3. The third-order valence-corrected chi connectivity index (χ3v) is 7.90. The van der Waals surface area contributed by atoms with Crippen LogP contribution in [-0.2, 0) is 33.4 Å². The Morgan fingerprint density at radius 1 is 0.914 bits per heavy atom. The molecule has 0 aromatic rings. The second-order valence-corrected chi connectivity index (χ2v) is 10.8. The number of carbonyl (C=O) groups excluding carboxylic acids is 4. The van der Waals surface area contributed by atoms with Gasteiger partial charge in [0.2, 0.25) is 0 Å². The second kappa shape index (κ2) is 9.50. The number of aliphatic hydroxyl groups is 2. The molecule has 194 valence electrons. The molecule has 0 aliphatic heterocycles. The highest BCUT2D eigenvalue weighted by molar-refractivity contribution is 5.94. The summed E-state index contributed by atoms with van der Waals surface area (Å²) >= 11 is 0. The number of ketones is 1. The zero-order valence-electron chi connectivity index (χ0n) is 21.4. The van der Waals surface area contributed by atoms with Gasteiger partial charge in [0.1, 0.15) is 12.2 Å². The van der Waals surface area contributed by atoms with Crippen LogP contribution in [0.4, 0.5) is 0 Å². The molecular weight excluding hydrogens is 456 g/mol. The van der Waals surface area contributed by atoms with Crippen LogP contribution in [0.1, 0.15) is 67.7 Å². The first-order valence-electron chi connectivity index (χ1n) is 11.9. The van der Waals surface area contributed by atoms with Gasteiger partial charge in [-0.2, -0.15) is 0 Å². The lowest BCUT2D eigenvalue weighted by Gasteiger charge is -2.51. The van der Waals surface area contributed by atoms with Crippen molar-refractivity contribution >= 4 is 23.7 Å². The maximum absolute atomic E-state index is 14.3. The Labute approximate surface area is 205 Å². The maximum Gasteiger partial charge on any atom is 0.303 e. The molecule has 3 aliphatic carbocycles. The SMILES string of the molecule is CC(=O)O[C@H]1C(=O)[C@@]2(C)C/C(=C\[C@H](OC(C)=O)[C@@H]3C[C@H](O)C(C)=C1C3(C)C)[C@@H](O)C[C@@H]2OC(C)=O. The van der Waals surface area contributed by atoms with Crippen LogP contribution in [0.2, 0.25) is 0 Å². The van der Waals surface area contributed by atoms with Crippen LogP contribution in [0.15, 0.2) is 22.8 Å². The van der Waals surface area contributed by atoms with E-state index in [1.54, 1.807) is 19.9 Å². The fourth-order valence-corrected chi connectivity index (χ4v) is 6.10. The van der Waals surface area contributed by atoms with Crippen LogP contribution in [0.5, 0.6) is 0 Å². The highest BCUT2D eigenvalue weighted by Gasteiger charge is 2.57. The Morgan fingerprint density at radius 3 is 2.03 bits per heavy atom. The van der Waals surface area contributed by atoms with Crippen molar-refractivity contribution in [1.82, 2.24) is 0 Å². The van der Waals surface area contributed by atoms with E-state index in [9.17, 15) is 29.4 Å². The predicted octanol–water partition coefficient (Wildman–Crippen LogP) is 2.18. The fourth-order valence-electron chi connectivity index (χ4n) is 6.10. The number of aliphatic hydroxyl groups excluding tert-OH is 2. The Kier molecular flexibility index (Phi) is 7.35. The Bertz CT molecular complexity index is 991. The van der Waals surface area contributed by atoms with Crippen molar-refractivity contribution in [2.75, 3.05) is 0 Å². The molecule has 9 nitrogen and oxygen atoms in total. The lowest BCUT2D eigenvalue weighted by molar-refractivity contribution is -0.171. The second-order valence-electron chi connectivity index (χ2n) is 10.8. The Morgan fingerprint density at radius 2 is 1.49 bits per heavy atom. The van der Waals surface area contributed by atoms with Crippen molar-refractivity contribution in [2.45, 2.75) is 98.2 Å². The summed E-state index contributed by atoms with van der Waals surface area (Å²) in [7, 11) is 0. The van der Waals surface area contributed by atoms with E-state index < -0.39 is 71.0 Å². The summed E-state index contributed by atoms with van der Waals surface area (Å²) in [6.07, 6.45) is -3.26. The maximum atomic E-state index is 14.3. The van der Waals surface area contributed by atoms with Crippen molar-refractivity contribution < 1.29 is 43.6 Å². The third kappa shape index (κ3) is 4.93.